The van der Waals surface area contributed by atoms with Gasteiger partial charge in [-0.2, -0.15) is 0 Å². The van der Waals surface area contributed by atoms with E-state index in [-0.39, 0.29) is 23.0 Å². The Labute approximate surface area is 136 Å². The van der Waals surface area contributed by atoms with Crippen LogP contribution in [-0.4, -0.2) is 16.0 Å². The van der Waals surface area contributed by atoms with Crippen LogP contribution in [0.2, 0.25) is 0 Å². The van der Waals surface area contributed by atoms with E-state index in [2.05, 4.69) is 31.9 Å². The number of allylic oxidation sites excluding steroid dienone is 1. The van der Waals surface area contributed by atoms with Gasteiger partial charge in [-0.3, -0.25) is 4.79 Å². The second-order valence-electron chi connectivity index (χ2n) is 4.45. The van der Waals surface area contributed by atoms with Crippen LogP contribution in [0.4, 0.5) is 0 Å². The normalized spacial score (nSPS) is 15.1. The Morgan fingerprint density at radius 2 is 1.86 bits per heavy atom. The second-order valence-corrected chi connectivity index (χ2v) is 6.22. The number of carbonyl (C=O) groups is 1. The lowest BCUT2D eigenvalue weighted by Gasteiger charge is -2.04. The molecule has 0 amide bonds. The molecule has 1 heterocycles. The van der Waals surface area contributed by atoms with Crippen LogP contribution in [0.15, 0.2) is 45.0 Å². The average Bonchev–Trinajstić information content (AvgIpc) is 2.71. The first-order valence-electron chi connectivity index (χ1n) is 5.91. The van der Waals surface area contributed by atoms with Gasteiger partial charge in [0.25, 0.3) is 0 Å². The molecule has 0 bridgehead atoms. The summed E-state index contributed by atoms with van der Waals surface area (Å²) >= 11 is 6.55. The van der Waals surface area contributed by atoms with Crippen molar-refractivity contribution in [2.24, 2.45) is 0 Å². The van der Waals surface area contributed by atoms with Crippen molar-refractivity contribution < 1.29 is 19.7 Å². The molecule has 0 aliphatic carbocycles. The maximum absolute atomic E-state index is 12.2. The standard InChI is InChI=1S/C15H8Br2O4/c16-8-3-7(14(19)11(17)5-8)4-13-15(20)10-2-1-9(18)6-12(10)21-13/h1-6,18-19H. The minimum absolute atomic E-state index is 0.0147. The van der Waals surface area contributed by atoms with Crippen LogP contribution in [0, 0.1) is 0 Å². The molecule has 0 aromatic heterocycles. The molecule has 3 rings (SSSR count). The van der Waals surface area contributed by atoms with Crippen molar-refractivity contribution in [1.82, 2.24) is 0 Å². The van der Waals surface area contributed by atoms with Crippen LogP contribution >= 0.6 is 31.9 Å². The third-order valence-corrected chi connectivity index (χ3v) is 4.06. The van der Waals surface area contributed by atoms with Gasteiger partial charge in [-0.25, -0.2) is 0 Å². The minimum atomic E-state index is -0.291. The van der Waals surface area contributed by atoms with E-state index >= 15 is 0 Å². The fourth-order valence-corrected chi connectivity index (χ4v) is 3.27. The lowest BCUT2D eigenvalue weighted by molar-refractivity contribution is 0.101. The Kier molecular flexibility index (Phi) is 3.51. The number of phenols is 2. The molecule has 4 nitrogen and oxygen atoms in total. The molecule has 0 fully saturated rings. The van der Waals surface area contributed by atoms with E-state index in [1.165, 1.54) is 24.3 Å². The summed E-state index contributed by atoms with van der Waals surface area (Å²) in [6, 6.07) is 7.68. The monoisotopic (exact) mass is 410 g/mol. The first kappa shape index (κ1) is 14.2. The minimum Gasteiger partial charge on any atom is -0.508 e. The molecule has 0 spiro atoms. The predicted molar refractivity (Wildman–Crippen MR) is 84.5 cm³/mol. The summed E-state index contributed by atoms with van der Waals surface area (Å²) in [6.07, 6.45) is 1.46. The van der Waals surface area contributed by atoms with Gasteiger partial charge >= 0.3 is 0 Å². The molecular weight excluding hydrogens is 404 g/mol. The molecule has 0 saturated carbocycles. The van der Waals surface area contributed by atoms with Gasteiger partial charge in [-0.15, -0.1) is 0 Å². The van der Waals surface area contributed by atoms with E-state index in [1.807, 2.05) is 0 Å². The quantitative estimate of drug-likeness (QED) is 0.688. The molecule has 6 heteroatoms. The third-order valence-electron chi connectivity index (χ3n) is 3.00. The zero-order valence-corrected chi connectivity index (χ0v) is 13.6. The number of fused-ring (bicyclic) bond motifs is 1. The number of benzene rings is 2. The number of hydrogen-bond acceptors (Lipinski definition) is 4. The van der Waals surface area contributed by atoms with Gasteiger partial charge in [0.05, 0.1) is 10.0 Å². The Morgan fingerprint density at radius 3 is 2.62 bits per heavy atom. The first-order chi connectivity index (χ1) is 9.95. The first-order valence-corrected chi connectivity index (χ1v) is 7.49. The number of rotatable bonds is 1. The smallest absolute Gasteiger partial charge is 0.231 e. The van der Waals surface area contributed by atoms with E-state index < -0.39 is 0 Å². The van der Waals surface area contributed by atoms with Gasteiger partial charge in [0, 0.05) is 16.1 Å². The topological polar surface area (TPSA) is 66.8 Å². The average molecular weight is 412 g/mol. The zero-order chi connectivity index (χ0) is 15.1. The lowest BCUT2D eigenvalue weighted by atomic mass is 10.1. The van der Waals surface area contributed by atoms with Crippen molar-refractivity contribution >= 4 is 43.7 Å². The SMILES string of the molecule is O=C1C(=Cc2cc(Br)cc(Br)c2O)Oc2cc(O)ccc21. The molecule has 106 valence electrons. The van der Waals surface area contributed by atoms with Crippen molar-refractivity contribution in [3.8, 4) is 17.2 Å². The summed E-state index contributed by atoms with van der Waals surface area (Å²) in [5.41, 5.74) is 0.823. The third kappa shape index (κ3) is 2.56. The molecule has 1 aliphatic heterocycles. The van der Waals surface area contributed by atoms with E-state index in [4.69, 9.17) is 4.74 Å². The van der Waals surface area contributed by atoms with Crippen molar-refractivity contribution in [2.45, 2.75) is 0 Å². The Bertz CT molecular complexity index is 797. The summed E-state index contributed by atoms with van der Waals surface area (Å²) in [5, 5.41) is 19.4. The van der Waals surface area contributed by atoms with E-state index in [0.717, 1.165) is 4.47 Å². The van der Waals surface area contributed by atoms with Crippen molar-refractivity contribution in [3.05, 3.63) is 56.2 Å². The fourth-order valence-electron chi connectivity index (χ4n) is 2.01. The van der Waals surface area contributed by atoms with Crippen LogP contribution in [-0.2, 0) is 0 Å². The molecule has 1 aliphatic rings. The van der Waals surface area contributed by atoms with Crippen LogP contribution < -0.4 is 4.74 Å². The summed E-state index contributed by atoms with van der Waals surface area (Å²) < 4.78 is 6.70. The number of halogens is 2. The van der Waals surface area contributed by atoms with E-state index in [0.29, 0.717) is 21.3 Å². The number of carbonyl (C=O) groups excluding carboxylic acids is 1. The molecule has 2 aromatic rings. The molecule has 2 aromatic carbocycles. The highest BCUT2D eigenvalue weighted by Gasteiger charge is 2.27. The largest absolute Gasteiger partial charge is 0.508 e. The maximum Gasteiger partial charge on any atom is 0.231 e. The van der Waals surface area contributed by atoms with Gasteiger partial charge in [0.15, 0.2) is 5.76 Å². The van der Waals surface area contributed by atoms with Crippen molar-refractivity contribution in [1.29, 1.82) is 0 Å². The van der Waals surface area contributed by atoms with Crippen LogP contribution in [0.25, 0.3) is 6.08 Å². The molecule has 0 radical (unpaired) electrons. The van der Waals surface area contributed by atoms with Gasteiger partial charge < -0.3 is 14.9 Å². The van der Waals surface area contributed by atoms with Gasteiger partial charge in [0.1, 0.15) is 17.2 Å². The van der Waals surface area contributed by atoms with E-state index in [9.17, 15) is 15.0 Å². The zero-order valence-electron chi connectivity index (χ0n) is 10.4. The van der Waals surface area contributed by atoms with E-state index in [1.54, 1.807) is 12.1 Å². The summed E-state index contributed by atoms with van der Waals surface area (Å²) in [7, 11) is 0. The highest BCUT2D eigenvalue weighted by molar-refractivity contribution is 9.11. The molecule has 0 atom stereocenters. The maximum atomic E-state index is 12.2. The fraction of sp³-hybridized carbons (Fsp3) is 0. The molecule has 2 N–H and O–H groups in total. The number of aromatic hydroxyl groups is 2. The summed E-state index contributed by atoms with van der Waals surface area (Å²) in [6.45, 7) is 0. The van der Waals surface area contributed by atoms with Crippen LogP contribution in [0.1, 0.15) is 15.9 Å². The van der Waals surface area contributed by atoms with Crippen LogP contribution in [0.5, 0.6) is 17.2 Å². The summed E-state index contributed by atoms with van der Waals surface area (Å²) in [5.74, 6) is 0.146. The van der Waals surface area contributed by atoms with Gasteiger partial charge in [0.2, 0.25) is 5.78 Å². The molecule has 21 heavy (non-hydrogen) atoms. The Balaban J connectivity index is 2.06. The van der Waals surface area contributed by atoms with Gasteiger partial charge in [-0.1, -0.05) is 15.9 Å². The number of ether oxygens (including phenoxy) is 1. The van der Waals surface area contributed by atoms with Crippen molar-refractivity contribution in [2.75, 3.05) is 0 Å². The Morgan fingerprint density at radius 1 is 1.10 bits per heavy atom. The number of Topliss-reactive ketones (excluding diaryl/α,β-unsaturated/α-hetero) is 1. The molecule has 0 saturated heterocycles. The summed E-state index contributed by atoms with van der Waals surface area (Å²) in [4.78, 5) is 12.2. The number of phenolic OH excluding ortho intramolecular Hbond substituents is 2. The number of hydrogen-bond donors (Lipinski definition) is 2. The number of ketones is 1. The van der Waals surface area contributed by atoms with Crippen LogP contribution in [0.3, 0.4) is 0 Å². The van der Waals surface area contributed by atoms with Crippen molar-refractivity contribution in [3.63, 3.8) is 0 Å². The molecular formula is C15H8Br2O4. The highest BCUT2D eigenvalue weighted by atomic mass is 79.9. The van der Waals surface area contributed by atoms with Gasteiger partial charge in [-0.05, 0) is 46.3 Å². The lowest BCUT2D eigenvalue weighted by Crippen LogP contribution is -1.98. The Hall–Kier alpha value is -1.79. The predicted octanol–water partition coefficient (Wildman–Crippen LogP) is 4.24. The second kappa shape index (κ2) is 5.20. The molecule has 0 unspecified atom stereocenters. The highest BCUT2D eigenvalue weighted by Crippen LogP contribution is 2.37.